The van der Waals surface area contributed by atoms with Gasteiger partial charge in [0.2, 0.25) is 0 Å². The van der Waals surface area contributed by atoms with Gasteiger partial charge in [-0.15, -0.1) is 0 Å². The number of H-pyrrole nitrogens is 1. The SMILES string of the molecule is CCCCCCCC/C=C\CCCCCCCC(=O)OC[C@H]1O[C@@H](n2cc(I)c(=O)[nH]c2=O)C[C@@H]1OC(=O)CCCCCCC/C=C\CCCCCCCC. The molecule has 1 aliphatic rings. The third kappa shape index (κ3) is 24.2. The van der Waals surface area contributed by atoms with E-state index in [0.717, 1.165) is 64.2 Å². The number of carbonyl (C=O) groups excluding carboxylic acids is 2. The molecule has 0 radical (unpaired) electrons. The Labute approximate surface area is 346 Å². The van der Waals surface area contributed by atoms with Crippen molar-refractivity contribution in [2.45, 2.75) is 218 Å². The van der Waals surface area contributed by atoms with Crippen LogP contribution in [-0.4, -0.2) is 40.3 Å². The minimum atomic E-state index is -0.760. The molecule has 0 unspecified atom stereocenters. The van der Waals surface area contributed by atoms with Gasteiger partial charge in [-0.05, 0) is 86.8 Å². The lowest BCUT2D eigenvalue weighted by Crippen LogP contribution is -2.34. The van der Waals surface area contributed by atoms with Crippen molar-refractivity contribution in [2.75, 3.05) is 6.61 Å². The molecule has 0 aliphatic carbocycles. The first-order valence-corrected chi connectivity index (χ1v) is 23.2. The largest absolute Gasteiger partial charge is 0.463 e. The van der Waals surface area contributed by atoms with Crippen molar-refractivity contribution in [3.8, 4) is 0 Å². The maximum atomic E-state index is 12.9. The number of halogens is 1. The number of carbonyl (C=O) groups is 2. The van der Waals surface area contributed by atoms with Crippen LogP contribution in [0, 0.1) is 3.57 Å². The number of unbranched alkanes of at least 4 members (excludes halogenated alkanes) is 22. The predicted octanol–water partition coefficient (Wildman–Crippen LogP) is 12.0. The van der Waals surface area contributed by atoms with Crippen LogP contribution in [0.15, 0.2) is 40.1 Å². The van der Waals surface area contributed by atoms with E-state index in [1.807, 2.05) is 22.6 Å². The Morgan fingerprint density at radius 1 is 0.691 bits per heavy atom. The summed E-state index contributed by atoms with van der Waals surface area (Å²) >= 11 is 1.86. The second-order valence-electron chi connectivity index (χ2n) is 15.4. The van der Waals surface area contributed by atoms with Crippen LogP contribution >= 0.6 is 22.6 Å². The van der Waals surface area contributed by atoms with Gasteiger partial charge >= 0.3 is 17.6 Å². The molecule has 1 N–H and O–H groups in total. The summed E-state index contributed by atoms with van der Waals surface area (Å²) < 4.78 is 19.2. The number of nitrogens with one attached hydrogen (secondary N) is 1. The molecular weight excluding hydrogens is 807 g/mol. The van der Waals surface area contributed by atoms with Crippen LogP contribution in [0.25, 0.3) is 0 Å². The number of esters is 2. The number of aromatic amines is 1. The number of rotatable bonds is 34. The summed E-state index contributed by atoms with van der Waals surface area (Å²) in [6.07, 6.45) is 40.3. The second-order valence-corrected chi connectivity index (χ2v) is 16.6. The third-order valence-corrected chi connectivity index (χ3v) is 11.2. The number of nitrogens with zero attached hydrogens (tertiary/aromatic N) is 1. The number of hydrogen-bond donors (Lipinski definition) is 1. The van der Waals surface area contributed by atoms with Crippen molar-refractivity contribution in [1.82, 2.24) is 9.55 Å². The van der Waals surface area contributed by atoms with Gasteiger partial charge in [-0.1, -0.05) is 141 Å². The van der Waals surface area contributed by atoms with Gasteiger partial charge in [-0.2, -0.15) is 0 Å². The Morgan fingerprint density at radius 3 is 1.62 bits per heavy atom. The van der Waals surface area contributed by atoms with Gasteiger partial charge < -0.3 is 14.2 Å². The molecule has 0 amide bonds. The molecular formula is C45H75IN2O7. The fourth-order valence-electron chi connectivity index (χ4n) is 6.98. The van der Waals surface area contributed by atoms with E-state index in [1.54, 1.807) is 0 Å². The zero-order chi connectivity index (χ0) is 39.8. The number of aromatic nitrogens is 2. The third-order valence-electron chi connectivity index (χ3n) is 10.4. The average molecular weight is 883 g/mol. The van der Waals surface area contributed by atoms with Gasteiger partial charge in [0.1, 0.15) is 25.0 Å². The maximum Gasteiger partial charge on any atom is 0.330 e. The molecule has 1 fully saturated rings. The summed E-state index contributed by atoms with van der Waals surface area (Å²) in [6.45, 7) is 4.44. The first kappa shape index (κ1) is 48.9. The molecule has 1 saturated heterocycles. The summed E-state index contributed by atoms with van der Waals surface area (Å²) in [4.78, 5) is 52.3. The van der Waals surface area contributed by atoms with Crippen molar-refractivity contribution in [2.24, 2.45) is 0 Å². The molecule has 2 rings (SSSR count). The Morgan fingerprint density at radius 2 is 1.13 bits per heavy atom. The predicted molar refractivity (Wildman–Crippen MR) is 232 cm³/mol. The van der Waals surface area contributed by atoms with Crippen molar-refractivity contribution in [3.05, 3.63) is 54.9 Å². The highest BCUT2D eigenvalue weighted by Crippen LogP contribution is 2.31. The van der Waals surface area contributed by atoms with E-state index < -0.39 is 29.7 Å². The molecule has 0 spiro atoms. The highest BCUT2D eigenvalue weighted by Gasteiger charge is 2.40. The van der Waals surface area contributed by atoms with E-state index in [4.69, 9.17) is 14.2 Å². The van der Waals surface area contributed by atoms with Gasteiger partial charge in [0.25, 0.3) is 5.56 Å². The van der Waals surface area contributed by atoms with Crippen molar-refractivity contribution in [1.29, 1.82) is 0 Å². The summed E-state index contributed by atoms with van der Waals surface area (Å²) in [5, 5.41) is 0. The Kier molecular flexibility index (Phi) is 29.2. The van der Waals surface area contributed by atoms with Gasteiger partial charge in [0.15, 0.2) is 0 Å². The highest BCUT2D eigenvalue weighted by atomic mass is 127. The van der Waals surface area contributed by atoms with E-state index in [0.29, 0.717) is 16.4 Å². The topological polar surface area (TPSA) is 117 Å². The van der Waals surface area contributed by atoms with Gasteiger partial charge in [-0.25, -0.2) is 4.79 Å². The molecule has 2 heterocycles. The van der Waals surface area contributed by atoms with E-state index in [-0.39, 0.29) is 25.0 Å². The summed E-state index contributed by atoms with van der Waals surface area (Å²) in [7, 11) is 0. The fourth-order valence-corrected chi connectivity index (χ4v) is 7.41. The van der Waals surface area contributed by atoms with E-state index in [1.165, 1.54) is 113 Å². The quantitative estimate of drug-likeness (QED) is 0.0317. The number of allylic oxidation sites excluding steroid dienone is 4. The van der Waals surface area contributed by atoms with E-state index >= 15 is 0 Å². The van der Waals surface area contributed by atoms with Crippen LogP contribution in [0.1, 0.15) is 206 Å². The van der Waals surface area contributed by atoms with Gasteiger partial charge in [0, 0.05) is 25.5 Å². The lowest BCUT2D eigenvalue weighted by Gasteiger charge is -2.19. The fraction of sp³-hybridized carbons (Fsp3) is 0.778. The molecule has 1 aromatic heterocycles. The average Bonchev–Trinajstić information content (AvgIpc) is 3.57. The monoisotopic (exact) mass is 882 g/mol. The lowest BCUT2D eigenvalue weighted by atomic mass is 10.1. The maximum absolute atomic E-state index is 12.9. The highest BCUT2D eigenvalue weighted by molar-refractivity contribution is 14.1. The molecule has 3 atom stereocenters. The first-order chi connectivity index (χ1) is 26.8. The van der Waals surface area contributed by atoms with Crippen LogP contribution < -0.4 is 11.2 Å². The lowest BCUT2D eigenvalue weighted by molar-refractivity contribution is -0.158. The van der Waals surface area contributed by atoms with Crippen LogP contribution in [0.2, 0.25) is 0 Å². The Bertz CT molecular complexity index is 1320. The smallest absolute Gasteiger partial charge is 0.330 e. The normalized spacial score (nSPS) is 17.1. The number of ether oxygens (including phenoxy) is 3. The Hall–Kier alpha value is -2.21. The molecule has 0 saturated carbocycles. The molecule has 55 heavy (non-hydrogen) atoms. The zero-order valence-electron chi connectivity index (χ0n) is 34.5. The molecule has 9 nitrogen and oxygen atoms in total. The summed E-state index contributed by atoms with van der Waals surface area (Å²) in [6, 6.07) is 0. The number of hydrogen-bond acceptors (Lipinski definition) is 7. The van der Waals surface area contributed by atoms with Crippen LogP contribution in [-0.2, 0) is 23.8 Å². The van der Waals surface area contributed by atoms with Gasteiger partial charge in [-0.3, -0.25) is 23.9 Å². The second kappa shape index (κ2) is 32.8. The van der Waals surface area contributed by atoms with Crippen LogP contribution in [0.5, 0.6) is 0 Å². The van der Waals surface area contributed by atoms with Crippen LogP contribution in [0.3, 0.4) is 0 Å². The molecule has 314 valence electrons. The minimum Gasteiger partial charge on any atom is -0.463 e. The van der Waals surface area contributed by atoms with Crippen molar-refractivity contribution in [3.63, 3.8) is 0 Å². The van der Waals surface area contributed by atoms with Crippen molar-refractivity contribution >= 4 is 34.5 Å². The zero-order valence-corrected chi connectivity index (χ0v) is 36.7. The molecule has 10 heteroatoms. The standard InChI is InChI=1S/C45H75IN2O7/c1-3-5-7-9-11-13-15-17-19-21-23-25-27-29-31-33-42(49)53-37-40-39(35-41(54-40)48-36-38(46)44(51)47-45(48)52)55-43(50)34-32-30-28-26-24-22-20-18-16-14-12-10-8-6-4-2/h17-20,36,39-41H,3-16,21-35,37H2,1-2H3,(H,47,51,52)/b19-17-,20-18-/t39-,40+,41+/m0/s1. The summed E-state index contributed by atoms with van der Waals surface area (Å²) in [5.74, 6) is -0.626. The van der Waals surface area contributed by atoms with E-state index in [9.17, 15) is 19.2 Å². The Balaban J connectivity index is 1.66. The molecule has 0 aromatic carbocycles. The molecule has 1 aromatic rings. The molecule has 1 aliphatic heterocycles. The van der Waals surface area contributed by atoms with Crippen molar-refractivity contribution < 1.29 is 23.8 Å². The van der Waals surface area contributed by atoms with Gasteiger partial charge in [0.05, 0.1) is 3.57 Å². The summed E-state index contributed by atoms with van der Waals surface area (Å²) in [5.41, 5.74) is -1.07. The molecule has 0 bridgehead atoms. The minimum absolute atomic E-state index is 0.0685. The van der Waals surface area contributed by atoms with E-state index in [2.05, 4.69) is 43.1 Å². The first-order valence-electron chi connectivity index (χ1n) is 22.2. The van der Waals surface area contributed by atoms with Crippen LogP contribution in [0.4, 0.5) is 0 Å².